The third-order valence-corrected chi connectivity index (χ3v) is 3.46. The Bertz CT molecular complexity index is 214. The zero-order chi connectivity index (χ0) is 11.0. The van der Waals surface area contributed by atoms with Crippen molar-refractivity contribution in [3.05, 3.63) is 12.5 Å². The average molecular weight is 241 g/mol. The van der Waals surface area contributed by atoms with Crippen molar-refractivity contribution >= 4 is 18.5 Å². The van der Waals surface area contributed by atoms with Crippen molar-refractivity contribution in [3.63, 3.8) is 0 Å². The summed E-state index contributed by atoms with van der Waals surface area (Å²) in [6.45, 7) is 5.31. The molecule has 0 aromatic heterocycles. The second-order valence-electron chi connectivity index (χ2n) is 2.10. The molecular weight excluding hydrogens is 225 g/mol. The van der Waals surface area contributed by atoms with Crippen molar-refractivity contribution in [1.29, 1.82) is 0 Å². The Balaban J connectivity index is 4.21. The molecule has 0 rings (SSSR count). The Hall–Kier alpha value is -0.130. The summed E-state index contributed by atoms with van der Waals surface area (Å²) in [4.78, 5) is 4.59. The molecule has 7 heteroatoms. The highest BCUT2D eigenvalue weighted by Gasteiger charge is 2.21. The molecule has 14 heavy (non-hydrogen) atoms. The van der Waals surface area contributed by atoms with Gasteiger partial charge >= 0.3 is 6.72 Å². The lowest BCUT2D eigenvalue weighted by Gasteiger charge is -2.21. The highest BCUT2D eigenvalue weighted by molar-refractivity contribution is 8.07. The van der Waals surface area contributed by atoms with Crippen LogP contribution in [0.5, 0.6) is 0 Å². The van der Waals surface area contributed by atoms with Gasteiger partial charge in [-0.3, -0.25) is 13.9 Å². The largest absolute Gasteiger partial charge is 0.407 e. The van der Waals surface area contributed by atoms with Crippen molar-refractivity contribution in [2.75, 3.05) is 20.3 Å². The predicted molar refractivity (Wildman–Crippen MR) is 57.9 cm³/mol. The van der Waals surface area contributed by atoms with E-state index in [0.29, 0.717) is 13.2 Å². The molecule has 84 valence electrons. The fourth-order valence-corrected chi connectivity index (χ4v) is 2.70. The van der Waals surface area contributed by atoms with Gasteiger partial charge in [-0.05, 0) is 20.4 Å². The highest BCUT2D eigenvalue weighted by Crippen LogP contribution is 2.50. The summed E-state index contributed by atoms with van der Waals surface area (Å²) in [5.74, 6) is 0.178. The van der Waals surface area contributed by atoms with Crippen molar-refractivity contribution < 1.29 is 18.4 Å². The summed E-state index contributed by atoms with van der Waals surface area (Å²) < 4.78 is 15.6. The van der Waals surface area contributed by atoms with Gasteiger partial charge in [0.2, 0.25) is 5.88 Å². The van der Waals surface area contributed by atoms with Crippen LogP contribution >= 0.6 is 6.72 Å². The van der Waals surface area contributed by atoms with Crippen LogP contribution in [0, 0.1) is 0 Å². The van der Waals surface area contributed by atoms with Crippen LogP contribution < -0.4 is 5.48 Å². The lowest BCUT2D eigenvalue weighted by atomic mass is 10.9. The normalized spacial score (nSPS) is 11.1. The van der Waals surface area contributed by atoms with Gasteiger partial charge in [-0.2, -0.15) is 0 Å². The molecule has 0 spiro atoms. The molecule has 0 saturated carbocycles. The van der Waals surface area contributed by atoms with E-state index in [2.05, 4.69) is 16.9 Å². The van der Waals surface area contributed by atoms with Crippen LogP contribution in [0.25, 0.3) is 0 Å². The lowest BCUT2D eigenvalue weighted by molar-refractivity contribution is 0.0742. The molecule has 0 bridgehead atoms. The molecule has 0 aromatic carbocycles. The smallest absolute Gasteiger partial charge is 0.381 e. The molecule has 1 N–H and O–H groups in total. The maximum absolute atomic E-state index is 5.21. The van der Waals surface area contributed by atoms with Crippen molar-refractivity contribution in [2.24, 2.45) is 0 Å². The van der Waals surface area contributed by atoms with Crippen molar-refractivity contribution in [2.45, 2.75) is 13.8 Å². The van der Waals surface area contributed by atoms with Gasteiger partial charge < -0.3 is 4.52 Å². The maximum atomic E-state index is 5.21. The second kappa shape index (κ2) is 7.20. The van der Waals surface area contributed by atoms with Gasteiger partial charge in [-0.1, -0.05) is 0 Å². The number of hydroxylamine groups is 1. The zero-order valence-electron chi connectivity index (χ0n) is 8.61. The highest BCUT2D eigenvalue weighted by atomic mass is 32.5. The molecule has 0 aliphatic rings. The molecule has 0 atom stereocenters. The molecular formula is C7H16NO4PS. The first kappa shape index (κ1) is 13.9. The Morgan fingerprint density at radius 2 is 1.86 bits per heavy atom. The van der Waals surface area contributed by atoms with Crippen LogP contribution in [0.2, 0.25) is 0 Å². The van der Waals surface area contributed by atoms with E-state index in [9.17, 15) is 0 Å². The van der Waals surface area contributed by atoms with Crippen LogP contribution in [0.3, 0.4) is 0 Å². The average Bonchev–Trinajstić information content (AvgIpc) is 2.04. The Kier molecular flexibility index (Phi) is 7.13. The van der Waals surface area contributed by atoms with Gasteiger partial charge in [0, 0.05) is 11.8 Å². The van der Waals surface area contributed by atoms with E-state index in [-0.39, 0.29) is 5.88 Å². The lowest BCUT2D eigenvalue weighted by Crippen LogP contribution is -2.13. The predicted octanol–water partition coefficient (Wildman–Crippen LogP) is 1.92. The van der Waals surface area contributed by atoms with E-state index in [1.807, 2.05) is 13.8 Å². The van der Waals surface area contributed by atoms with Gasteiger partial charge in [0.05, 0.1) is 20.3 Å². The van der Waals surface area contributed by atoms with Crippen LogP contribution in [-0.4, -0.2) is 20.3 Å². The standard InChI is InChI=1S/C7H16NO4PS/c1-5-10-13(14,11-6-2)12-7(3)8-9-4/h8H,3,5-6H2,1-2,4H3. The van der Waals surface area contributed by atoms with Crippen LogP contribution in [0.15, 0.2) is 12.5 Å². The molecule has 0 fully saturated rings. The van der Waals surface area contributed by atoms with Gasteiger partial charge in [0.15, 0.2) is 0 Å². The van der Waals surface area contributed by atoms with Crippen molar-refractivity contribution in [3.8, 4) is 0 Å². The van der Waals surface area contributed by atoms with Gasteiger partial charge in [0.25, 0.3) is 0 Å². The third kappa shape index (κ3) is 5.57. The summed E-state index contributed by atoms with van der Waals surface area (Å²) in [6.07, 6.45) is 0. The summed E-state index contributed by atoms with van der Waals surface area (Å²) in [6, 6.07) is 0. The minimum absolute atomic E-state index is 0.178. The molecule has 0 radical (unpaired) electrons. The minimum Gasteiger partial charge on any atom is -0.407 e. The zero-order valence-corrected chi connectivity index (χ0v) is 10.3. The Morgan fingerprint density at radius 3 is 2.21 bits per heavy atom. The van der Waals surface area contributed by atoms with Crippen LogP contribution in [-0.2, 0) is 30.2 Å². The second-order valence-corrected chi connectivity index (χ2v) is 5.04. The molecule has 0 saturated heterocycles. The van der Waals surface area contributed by atoms with E-state index < -0.39 is 6.72 Å². The van der Waals surface area contributed by atoms with Crippen molar-refractivity contribution in [1.82, 2.24) is 5.48 Å². The fourth-order valence-electron chi connectivity index (χ4n) is 0.674. The van der Waals surface area contributed by atoms with E-state index >= 15 is 0 Å². The van der Waals surface area contributed by atoms with Gasteiger partial charge in [0.1, 0.15) is 0 Å². The first-order chi connectivity index (χ1) is 6.58. The number of nitrogens with one attached hydrogen (secondary N) is 1. The van der Waals surface area contributed by atoms with Gasteiger partial charge in [-0.15, -0.1) is 0 Å². The first-order valence-corrected chi connectivity index (χ1v) is 6.70. The molecule has 0 unspecified atom stereocenters. The SMILES string of the molecule is C=C(NOC)OP(=S)(OCC)OCC. The number of rotatable bonds is 8. The topological polar surface area (TPSA) is 49.0 Å². The Morgan fingerprint density at radius 1 is 1.36 bits per heavy atom. The monoisotopic (exact) mass is 241 g/mol. The summed E-state index contributed by atoms with van der Waals surface area (Å²) in [5.41, 5.74) is 2.40. The maximum Gasteiger partial charge on any atom is 0.381 e. The van der Waals surface area contributed by atoms with E-state index in [0.717, 1.165) is 0 Å². The number of hydrogen-bond acceptors (Lipinski definition) is 6. The Labute approximate surface area is 89.6 Å². The molecule has 0 aliphatic heterocycles. The van der Waals surface area contributed by atoms with Crippen LogP contribution in [0.1, 0.15) is 13.8 Å². The van der Waals surface area contributed by atoms with E-state index in [1.165, 1.54) is 7.11 Å². The van der Waals surface area contributed by atoms with E-state index in [1.54, 1.807) is 0 Å². The summed E-state index contributed by atoms with van der Waals surface area (Å²) in [5, 5.41) is 0. The number of hydrogen-bond donors (Lipinski definition) is 1. The summed E-state index contributed by atoms with van der Waals surface area (Å²) in [7, 11) is 1.44. The minimum atomic E-state index is -2.71. The first-order valence-electron chi connectivity index (χ1n) is 4.14. The summed E-state index contributed by atoms with van der Waals surface area (Å²) >= 11 is 5.08. The van der Waals surface area contributed by atoms with E-state index in [4.69, 9.17) is 25.4 Å². The van der Waals surface area contributed by atoms with Crippen LogP contribution in [0.4, 0.5) is 0 Å². The third-order valence-electron chi connectivity index (χ3n) is 1.01. The molecule has 0 aromatic rings. The van der Waals surface area contributed by atoms with Gasteiger partial charge in [-0.25, -0.2) is 5.48 Å². The molecule has 0 amide bonds. The molecule has 0 heterocycles. The quantitative estimate of drug-likeness (QED) is 0.398. The molecule has 5 nitrogen and oxygen atoms in total. The molecule has 0 aliphatic carbocycles. The fraction of sp³-hybridized carbons (Fsp3) is 0.714.